The average Bonchev–Trinajstić information content (AvgIpc) is 2.34. The van der Waals surface area contributed by atoms with E-state index < -0.39 is 28.2 Å². The molecule has 1 rings (SSSR count). The van der Waals surface area contributed by atoms with E-state index in [2.05, 4.69) is 5.32 Å². The summed E-state index contributed by atoms with van der Waals surface area (Å²) in [5.41, 5.74) is -0.329. The fraction of sp³-hybridized carbons (Fsp3) is 0.562. The maximum absolute atomic E-state index is 12.0. The number of nitrogens with zero attached hydrogens (tertiary/aromatic N) is 1. The van der Waals surface area contributed by atoms with Crippen LogP contribution in [0.4, 0.5) is 4.79 Å². The minimum absolute atomic E-state index is 0.394. The van der Waals surface area contributed by atoms with Crippen LogP contribution in [0.25, 0.3) is 0 Å². The molecule has 6 heteroatoms. The van der Waals surface area contributed by atoms with Crippen molar-refractivity contribution in [2.45, 2.75) is 58.7 Å². The zero-order chi connectivity index (χ0) is 17.1. The number of hydrogen-bond donors (Lipinski definition) is 1. The van der Waals surface area contributed by atoms with Crippen molar-refractivity contribution < 1.29 is 14.5 Å². The first-order chi connectivity index (χ1) is 9.93. The number of ether oxygens (including phenoxy) is 1. The monoisotopic (exact) mass is 308 g/mol. The van der Waals surface area contributed by atoms with Crippen LogP contribution in [-0.4, -0.2) is 22.2 Å². The Bertz CT molecular complexity index is 544. The van der Waals surface area contributed by atoms with E-state index in [1.807, 2.05) is 19.1 Å². The first-order valence-corrected chi connectivity index (χ1v) is 7.14. The van der Waals surface area contributed by atoms with Crippen LogP contribution in [0, 0.1) is 17.0 Å². The van der Waals surface area contributed by atoms with Crippen molar-refractivity contribution in [3.63, 3.8) is 0 Å². The van der Waals surface area contributed by atoms with Crippen LogP contribution >= 0.6 is 0 Å². The molecule has 6 nitrogen and oxygen atoms in total. The Morgan fingerprint density at radius 3 is 2.09 bits per heavy atom. The Labute approximate surface area is 131 Å². The lowest BCUT2D eigenvalue weighted by Crippen LogP contribution is -2.48. The molecular weight excluding hydrogens is 284 g/mol. The summed E-state index contributed by atoms with van der Waals surface area (Å²) in [7, 11) is 0. The van der Waals surface area contributed by atoms with Crippen LogP contribution < -0.4 is 5.32 Å². The number of carbonyl (C=O) groups is 1. The molecule has 0 aliphatic heterocycles. The summed E-state index contributed by atoms with van der Waals surface area (Å²) in [6.07, 6.45) is -0.673. The van der Waals surface area contributed by atoms with E-state index in [1.54, 1.807) is 32.9 Å². The van der Waals surface area contributed by atoms with Crippen LogP contribution in [0.2, 0.25) is 0 Å². The van der Waals surface area contributed by atoms with Crippen molar-refractivity contribution in [3.05, 3.63) is 45.5 Å². The smallest absolute Gasteiger partial charge is 0.408 e. The lowest BCUT2D eigenvalue weighted by atomic mass is 9.89. The van der Waals surface area contributed by atoms with Gasteiger partial charge in [0.25, 0.3) is 0 Å². The van der Waals surface area contributed by atoms with Gasteiger partial charge in [-0.2, -0.15) is 0 Å². The standard InChI is InChI=1S/C16H24N2O4/c1-11-7-9-12(10-8-11)13(16(5,6)18(20)21)17-14(19)22-15(2,3)4/h7-10,13H,1-6H3,(H,17,19). The van der Waals surface area contributed by atoms with Gasteiger partial charge in [-0.05, 0) is 33.3 Å². The Balaban J connectivity index is 3.10. The molecule has 0 saturated carbocycles. The fourth-order valence-electron chi connectivity index (χ4n) is 1.96. The predicted molar refractivity (Wildman–Crippen MR) is 84.4 cm³/mol. The summed E-state index contributed by atoms with van der Waals surface area (Å²) in [4.78, 5) is 23.0. The summed E-state index contributed by atoms with van der Waals surface area (Å²) >= 11 is 0. The molecule has 122 valence electrons. The quantitative estimate of drug-likeness (QED) is 0.680. The molecule has 0 aromatic heterocycles. The Morgan fingerprint density at radius 1 is 1.18 bits per heavy atom. The van der Waals surface area contributed by atoms with E-state index in [1.165, 1.54) is 13.8 Å². The number of amides is 1. The molecule has 1 atom stereocenters. The van der Waals surface area contributed by atoms with Gasteiger partial charge in [-0.15, -0.1) is 0 Å². The zero-order valence-electron chi connectivity index (χ0n) is 14.0. The van der Waals surface area contributed by atoms with E-state index in [0.29, 0.717) is 5.56 Å². The normalized spacial score (nSPS) is 13.4. The van der Waals surface area contributed by atoms with E-state index in [4.69, 9.17) is 4.74 Å². The highest BCUT2D eigenvalue weighted by Gasteiger charge is 2.43. The highest BCUT2D eigenvalue weighted by molar-refractivity contribution is 5.68. The zero-order valence-corrected chi connectivity index (χ0v) is 14.0. The molecule has 22 heavy (non-hydrogen) atoms. The molecule has 1 amide bonds. The van der Waals surface area contributed by atoms with Crippen molar-refractivity contribution in [2.75, 3.05) is 0 Å². The third kappa shape index (κ3) is 4.72. The van der Waals surface area contributed by atoms with Gasteiger partial charge in [-0.1, -0.05) is 29.8 Å². The molecule has 0 radical (unpaired) electrons. The highest BCUT2D eigenvalue weighted by Crippen LogP contribution is 2.29. The number of carbonyl (C=O) groups excluding carboxylic acids is 1. The minimum Gasteiger partial charge on any atom is -0.444 e. The van der Waals surface area contributed by atoms with E-state index in [0.717, 1.165) is 5.56 Å². The van der Waals surface area contributed by atoms with Gasteiger partial charge in [0.05, 0.1) is 0 Å². The van der Waals surface area contributed by atoms with Gasteiger partial charge in [0.2, 0.25) is 5.54 Å². The second kappa shape index (κ2) is 6.34. The van der Waals surface area contributed by atoms with Crippen molar-refractivity contribution >= 4 is 6.09 Å². The van der Waals surface area contributed by atoms with Gasteiger partial charge in [-0.25, -0.2) is 4.79 Å². The van der Waals surface area contributed by atoms with Crippen molar-refractivity contribution in [3.8, 4) is 0 Å². The number of aryl methyl sites for hydroxylation is 1. The Hall–Kier alpha value is -2.11. The molecule has 1 N–H and O–H groups in total. The van der Waals surface area contributed by atoms with Crippen LogP contribution in [-0.2, 0) is 4.74 Å². The van der Waals surface area contributed by atoms with Gasteiger partial charge in [-0.3, -0.25) is 10.1 Å². The number of alkyl carbamates (subject to hydrolysis) is 1. The third-order valence-corrected chi connectivity index (χ3v) is 3.25. The van der Waals surface area contributed by atoms with Gasteiger partial charge in [0, 0.05) is 18.8 Å². The van der Waals surface area contributed by atoms with Crippen LogP contribution in [0.5, 0.6) is 0 Å². The third-order valence-electron chi connectivity index (χ3n) is 3.25. The molecular formula is C16H24N2O4. The highest BCUT2D eigenvalue weighted by atomic mass is 16.6. The van der Waals surface area contributed by atoms with Gasteiger partial charge in [0.1, 0.15) is 11.6 Å². The number of nitrogens with one attached hydrogen (secondary N) is 1. The summed E-state index contributed by atoms with van der Waals surface area (Å²) in [6.45, 7) is 10.1. The molecule has 0 saturated heterocycles. The first kappa shape index (κ1) is 17.9. The van der Waals surface area contributed by atoms with Crippen molar-refractivity contribution in [1.82, 2.24) is 5.32 Å². The predicted octanol–water partition coefficient (Wildman–Crippen LogP) is 3.62. The lowest BCUT2D eigenvalue weighted by Gasteiger charge is -2.29. The second-order valence-electron chi connectivity index (χ2n) is 6.90. The SMILES string of the molecule is Cc1ccc(C(NC(=O)OC(C)(C)C)C(C)(C)[N+](=O)[O-])cc1. The van der Waals surface area contributed by atoms with Crippen LogP contribution in [0.1, 0.15) is 51.8 Å². The van der Waals surface area contributed by atoms with Crippen LogP contribution in [0.15, 0.2) is 24.3 Å². The van der Waals surface area contributed by atoms with Crippen LogP contribution in [0.3, 0.4) is 0 Å². The topological polar surface area (TPSA) is 81.5 Å². The molecule has 0 spiro atoms. The Kier molecular flexibility index (Phi) is 5.17. The van der Waals surface area contributed by atoms with E-state index in [9.17, 15) is 14.9 Å². The molecule has 1 aromatic rings. The molecule has 0 heterocycles. The average molecular weight is 308 g/mol. The minimum atomic E-state index is -1.37. The molecule has 1 unspecified atom stereocenters. The molecule has 0 aliphatic rings. The molecule has 1 aromatic carbocycles. The summed E-state index contributed by atoms with van der Waals surface area (Å²) in [5, 5.41) is 14.0. The Morgan fingerprint density at radius 2 is 1.68 bits per heavy atom. The molecule has 0 aliphatic carbocycles. The van der Waals surface area contributed by atoms with Crippen molar-refractivity contribution in [1.29, 1.82) is 0 Å². The summed E-state index contributed by atoms with van der Waals surface area (Å²) in [5.74, 6) is 0. The van der Waals surface area contributed by atoms with Gasteiger partial charge >= 0.3 is 6.09 Å². The maximum Gasteiger partial charge on any atom is 0.408 e. The fourth-order valence-corrected chi connectivity index (χ4v) is 1.96. The van der Waals surface area contributed by atoms with Crippen molar-refractivity contribution in [2.24, 2.45) is 0 Å². The van der Waals surface area contributed by atoms with E-state index in [-0.39, 0.29) is 0 Å². The summed E-state index contributed by atoms with van der Waals surface area (Å²) in [6, 6.07) is 6.48. The molecule has 0 bridgehead atoms. The maximum atomic E-state index is 12.0. The van der Waals surface area contributed by atoms with E-state index >= 15 is 0 Å². The van der Waals surface area contributed by atoms with Gasteiger partial charge < -0.3 is 10.1 Å². The largest absolute Gasteiger partial charge is 0.444 e. The number of nitro groups is 1. The number of benzene rings is 1. The van der Waals surface area contributed by atoms with Gasteiger partial charge in [0.15, 0.2) is 0 Å². The second-order valence-corrected chi connectivity index (χ2v) is 6.90. The summed E-state index contributed by atoms with van der Waals surface area (Å²) < 4.78 is 5.22. The first-order valence-electron chi connectivity index (χ1n) is 7.14. The number of rotatable bonds is 4. The number of hydrogen-bond acceptors (Lipinski definition) is 4. The molecule has 0 fully saturated rings. The lowest BCUT2D eigenvalue weighted by molar-refractivity contribution is -0.566.